The number of alkyl halides is 2. The Balaban J connectivity index is 1.79. The molecule has 0 aliphatic rings. The van der Waals surface area contributed by atoms with Crippen LogP contribution >= 0.6 is 11.6 Å². The largest absolute Gasteiger partial charge is 0.365 e. The molecule has 0 aliphatic heterocycles. The third-order valence-corrected chi connectivity index (χ3v) is 4.89. The number of nitrogens with zero attached hydrogens (tertiary/aromatic N) is 2. The Hall–Kier alpha value is -3.05. The van der Waals surface area contributed by atoms with Gasteiger partial charge in [0.2, 0.25) is 5.28 Å². The summed E-state index contributed by atoms with van der Waals surface area (Å²) in [5.41, 5.74) is 3.12. The molecule has 6 heteroatoms. The average molecular weight is 410 g/mol. The van der Waals surface area contributed by atoms with E-state index in [9.17, 15) is 8.78 Å². The minimum Gasteiger partial charge on any atom is -0.365 e. The highest BCUT2D eigenvalue weighted by Gasteiger charge is 2.27. The maximum absolute atomic E-state index is 14.0. The summed E-state index contributed by atoms with van der Waals surface area (Å²) in [4.78, 5) is 8.68. The van der Waals surface area contributed by atoms with E-state index in [1.807, 2.05) is 48.5 Å². The zero-order valence-electron chi connectivity index (χ0n) is 15.7. The van der Waals surface area contributed by atoms with Gasteiger partial charge in [0.15, 0.2) is 0 Å². The molecule has 0 radical (unpaired) electrons. The van der Waals surface area contributed by atoms with Crippen LogP contribution in [0.4, 0.5) is 14.6 Å². The zero-order valence-corrected chi connectivity index (χ0v) is 16.4. The van der Waals surface area contributed by atoms with Gasteiger partial charge in [-0.05, 0) is 34.4 Å². The van der Waals surface area contributed by atoms with Crippen LogP contribution in [-0.2, 0) is 12.5 Å². The lowest BCUT2D eigenvalue weighted by atomic mass is 10.0. The van der Waals surface area contributed by atoms with E-state index < -0.39 is 5.92 Å². The lowest BCUT2D eigenvalue weighted by Gasteiger charge is -2.17. The highest BCUT2D eigenvalue weighted by Crippen LogP contribution is 2.34. The second-order valence-electron chi connectivity index (χ2n) is 6.81. The summed E-state index contributed by atoms with van der Waals surface area (Å²) in [6.07, 6.45) is 0. The van der Waals surface area contributed by atoms with Gasteiger partial charge in [-0.2, -0.15) is 0 Å². The van der Waals surface area contributed by atoms with Gasteiger partial charge in [-0.3, -0.25) is 0 Å². The number of benzene rings is 3. The third kappa shape index (κ3) is 4.05. The summed E-state index contributed by atoms with van der Waals surface area (Å²) in [5, 5.41) is 4.09. The van der Waals surface area contributed by atoms with Crippen LogP contribution in [0.3, 0.4) is 0 Å². The first-order valence-corrected chi connectivity index (χ1v) is 9.53. The predicted octanol–water partition coefficient (Wildman–Crippen LogP) is 6.67. The topological polar surface area (TPSA) is 37.8 Å². The van der Waals surface area contributed by atoms with Gasteiger partial charge in [0.25, 0.3) is 5.92 Å². The molecule has 0 spiro atoms. The average Bonchev–Trinajstić information content (AvgIpc) is 2.71. The smallest absolute Gasteiger partial charge is 0.270 e. The number of aromatic nitrogens is 2. The van der Waals surface area contributed by atoms with Crippen LogP contribution < -0.4 is 5.32 Å². The van der Waals surface area contributed by atoms with Crippen LogP contribution in [0.2, 0.25) is 5.28 Å². The predicted molar refractivity (Wildman–Crippen MR) is 113 cm³/mol. The summed E-state index contributed by atoms with van der Waals surface area (Å²) < 4.78 is 27.9. The van der Waals surface area contributed by atoms with E-state index in [2.05, 4.69) is 15.3 Å². The number of rotatable bonds is 5. The van der Waals surface area contributed by atoms with Crippen molar-refractivity contribution in [3.05, 3.63) is 89.2 Å². The molecule has 146 valence electrons. The number of fused-ring (bicyclic) bond motifs is 1. The Labute approximate surface area is 172 Å². The van der Waals surface area contributed by atoms with Crippen molar-refractivity contribution in [3.8, 4) is 11.1 Å². The Morgan fingerprint density at radius 1 is 0.897 bits per heavy atom. The summed E-state index contributed by atoms with van der Waals surface area (Å²) in [5.74, 6) is -2.42. The first-order chi connectivity index (χ1) is 13.9. The molecule has 3 aromatic carbocycles. The van der Waals surface area contributed by atoms with Gasteiger partial charge in [0.05, 0.1) is 10.9 Å². The molecule has 0 aliphatic carbocycles. The molecule has 0 saturated heterocycles. The van der Waals surface area contributed by atoms with Crippen LogP contribution in [0, 0.1) is 0 Å². The van der Waals surface area contributed by atoms with Gasteiger partial charge < -0.3 is 5.32 Å². The van der Waals surface area contributed by atoms with Gasteiger partial charge in [-0.25, -0.2) is 18.7 Å². The highest BCUT2D eigenvalue weighted by molar-refractivity contribution is 6.29. The van der Waals surface area contributed by atoms with Crippen LogP contribution in [-0.4, -0.2) is 9.97 Å². The molecule has 29 heavy (non-hydrogen) atoms. The molecule has 4 rings (SSSR count). The lowest BCUT2D eigenvalue weighted by molar-refractivity contribution is 0.0166. The number of hydrogen-bond donors (Lipinski definition) is 1. The summed E-state index contributed by atoms with van der Waals surface area (Å²) in [7, 11) is 0. The minimum atomic E-state index is -2.93. The van der Waals surface area contributed by atoms with Crippen molar-refractivity contribution < 1.29 is 8.78 Å². The molecule has 1 heterocycles. The molecule has 0 unspecified atom stereocenters. The number of halogens is 3. The molecule has 0 saturated carbocycles. The molecular formula is C23H18ClF2N3. The summed E-state index contributed by atoms with van der Waals surface area (Å²) >= 11 is 6.13. The van der Waals surface area contributed by atoms with Crippen molar-refractivity contribution in [1.29, 1.82) is 0 Å². The van der Waals surface area contributed by atoms with Crippen molar-refractivity contribution in [2.24, 2.45) is 0 Å². The van der Waals surface area contributed by atoms with Crippen molar-refractivity contribution >= 4 is 28.3 Å². The molecule has 0 atom stereocenters. The number of anilines is 1. The number of hydrogen-bond acceptors (Lipinski definition) is 3. The first-order valence-electron chi connectivity index (χ1n) is 9.15. The van der Waals surface area contributed by atoms with Crippen LogP contribution in [0.5, 0.6) is 0 Å². The van der Waals surface area contributed by atoms with Crippen LogP contribution in [0.1, 0.15) is 18.1 Å². The SMILES string of the molecule is CC(F)(F)c1ccccc1CNc1nc(Cl)nc2cccc(-c3ccccc3)c12. The van der Waals surface area contributed by atoms with E-state index in [-0.39, 0.29) is 17.4 Å². The van der Waals surface area contributed by atoms with E-state index in [1.54, 1.807) is 18.2 Å². The highest BCUT2D eigenvalue weighted by atomic mass is 35.5. The van der Waals surface area contributed by atoms with Gasteiger partial charge in [-0.1, -0.05) is 66.7 Å². The van der Waals surface area contributed by atoms with Crippen molar-refractivity contribution in [1.82, 2.24) is 9.97 Å². The maximum atomic E-state index is 14.0. The molecular weight excluding hydrogens is 392 g/mol. The normalized spacial score (nSPS) is 11.6. The van der Waals surface area contributed by atoms with E-state index in [1.165, 1.54) is 6.07 Å². The lowest BCUT2D eigenvalue weighted by Crippen LogP contribution is -2.13. The second-order valence-corrected chi connectivity index (χ2v) is 7.14. The summed E-state index contributed by atoms with van der Waals surface area (Å²) in [6.45, 7) is 1.08. The molecule has 3 nitrogen and oxygen atoms in total. The number of nitrogens with one attached hydrogen (secondary N) is 1. The fourth-order valence-corrected chi connectivity index (χ4v) is 3.60. The van der Waals surface area contributed by atoms with E-state index in [0.29, 0.717) is 16.9 Å². The molecule has 1 N–H and O–H groups in total. The fraction of sp³-hybridized carbons (Fsp3) is 0.130. The Morgan fingerprint density at radius 2 is 1.62 bits per heavy atom. The van der Waals surface area contributed by atoms with E-state index in [4.69, 9.17) is 11.6 Å². The standard InChI is InChI=1S/C23H18ClF2N3/c1-23(25,26)18-12-6-5-10-16(18)14-27-21-20-17(15-8-3-2-4-9-15)11-7-13-19(20)28-22(24)29-21/h2-13H,14H2,1H3,(H,27,28,29). The fourth-order valence-electron chi connectivity index (χ4n) is 3.42. The quantitative estimate of drug-likeness (QED) is 0.374. The van der Waals surface area contributed by atoms with Crippen LogP contribution in [0.15, 0.2) is 72.8 Å². The van der Waals surface area contributed by atoms with Gasteiger partial charge >= 0.3 is 0 Å². The molecule has 0 fully saturated rings. The Bertz CT molecular complexity index is 1160. The Morgan fingerprint density at radius 3 is 2.38 bits per heavy atom. The third-order valence-electron chi connectivity index (χ3n) is 4.72. The molecule has 1 aromatic heterocycles. The van der Waals surface area contributed by atoms with Crippen molar-refractivity contribution in [2.75, 3.05) is 5.32 Å². The second kappa shape index (κ2) is 7.76. The molecule has 0 bridgehead atoms. The Kier molecular flexibility index (Phi) is 5.16. The van der Waals surface area contributed by atoms with Gasteiger partial charge in [-0.15, -0.1) is 0 Å². The van der Waals surface area contributed by atoms with Gasteiger partial charge in [0.1, 0.15) is 5.82 Å². The molecule has 0 amide bonds. The maximum Gasteiger partial charge on any atom is 0.270 e. The monoisotopic (exact) mass is 409 g/mol. The van der Waals surface area contributed by atoms with Crippen LogP contribution in [0.25, 0.3) is 22.0 Å². The summed E-state index contributed by atoms with van der Waals surface area (Å²) in [6, 6.07) is 22.1. The van der Waals surface area contributed by atoms with E-state index in [0.717, 1.165) is 23.4 Å². The zero-order chi connectivity index (χ0) is 20.4. The first kappa shape index (κ1) is 19.3. The van der Waals surface area contributed by atoms with Crippen molar-refractivity contribution in [2.45, 2.75) is 19.4 Å². The van der Waals surface area contributed by atoms with E-state index >= 15 is 0 Å². The minimum absolute atomic E-state index is 0.0137. The van der Waals surface area contributed by atoms with Crippen molar-refractivity contribution in [3.63, 3.8) is 0 Å². The van der Waals surface area contributed by atoms with Gasteiger partial charge in [0, 0.05) is 19.0 Å². The molecule has 4 aromatic rings.